The van der Waals surface area contributed by atoms with Crippen molar-refractivity contribution in [1.29, 1.82) is 0 Å². The lowest BCUT2D eigenvalue weighted by Gasteiger charge is -2.48. The van der Waals surface area contributed by atoms with E-state index >= 15 is 0 Å². The van der Waals surface area contributed by atoms with Crippen molar-refractivity contribution < 1.29 is 4.74 Å². The lowest BCUT2D eigenvalue weighted by Crippen LogP contribution is -2.48. The Hall–Kier alpha value is -0.570. The van der Waals surface area contributed by atoms with Crippen molar-refractivity contribution in [3.63, 3.8) is 0 Å². The summed E-state index contributed by atoms with van der Waals surface area (Å²) in [6.07, 6.45) is 4.16. The highest BCUT2D eigenvalue weighted by atomic mass is 16.6. The van der Waals surface area contributed by atoms with Crippen molar-refractivity contribution in [2.75, 3.05) is 0 Å². The third-order valence-corrected chi connectivity index (χ3v) is 6.24. The first-order valence-electron chi connectivity index (χ1n) is 6.90. The summed E-state index contributed by atoms with van der Waals surface area (Å²) in [5.41, 5.74) is 1.16. The van der Waals surface area contributed by atoms with Crippen molar-refractivity contribution in [2.45, 2.75) is 58.7 Å². The summed E-state index contributed by atoms with van der Waals surface area (Å²) in [5.74, 6) is 7.94. The van der Waals surface area contributed by atoms with Crippen LogP contribution in [0.5, 0.6) is 0 Å². The van der Waals surface area contributed by atoms with Gasteiger partial charge in [-0.3, -0.25) is 0 Å². The molecule has 0 radical (unpaired) electrons. The number of fused-ring (bicyclic) bond motifs is 3. The molecule has 0 amide bonds. The van der Waals surface area contributed by atoms with Crippen LogP contribution < -0.4 is 5.84 Å². The zero-order valence-corrected chi connectivity index (χ0v) is 11.4. The van der Waals surface area contributed by atoms with Gasteiger partial charge in [0.25, 0.3) is 0 Å². The van der Waals surface area contributed by atoms with Gasteiger partial charge in [0.2, 0.25) is 0 Å². The Kier molecular flexibility index (Phi) is 2.20. The molecule has 1 aliphatic heterocycles. The van der Waals surface area contributed by atoms with E-state index < -0.39 is 0 Å². The first-order chi connectivity index (χ1) is 7.97. The average molecular weight is 236 g/mol. The molecule has 6 unspecified atom stereocenters. The second-order valence-electron chi connectivity index (χ2n) is 6.69. The quantitative estimate of drug-likeness (QED) is 0.329. The van der Waals surface area contributed by atoms with E-state index in [-0.39, 0.29) is 11.0 Å². The van der Waals surface area contributed by atoms with Crippen LogP contribution in [0.15, 0.2) is 5.10 Å². The summed E-state index contributed by atoms with van der Waals surface area (Å²) in [7, 11) is 0. The van der Waals surface area contributed by atoms with E-state index in [1.807, 2.05) is 6.92 Å². The third kappa shape index (κ3) is 1.14. The van der Waals surface area contributed by atoms with Gasteiger partial charge in [-0.1, -0.05) is 20.8 Å². The number of nitrogens with two attached hydrogens (primary N) is 1. The molecule has 3 heteroatoms. The summed E-state index contributed by atoms with van der Waals surface area (Å²) >= 11 is 0. The van der Waals surface area contributed by atoms with Crippen LogP contribution in [0.4, 0.5) is 0 Å². The fourth-order valence-corrected chi connectivity index (χ4v) is 4.85. The molecule has 0 bridgehead atoms. The number of hydrogen-bond donors (Lipinski definition) is 1. The molecule has 2 saturated carbocycles. The van der Waals surface area contributed by atoms with Crippen LogP contribution in [0.1, 0.15) is 47.0 Å². The summed E-state index contributed by atoms with van der Waals surface area (Å²) in [4.78, 5) is 0. The van der Waals surface area contributed by atoms with E-state index in [1.165, 1.54) is 19.3 Å². The largest absolute Gasteiger partial charge is 0.359 e. The molecule has 3 rings (SSSR count). The Balaban J connectivity index is 1.99. The predicted molar refractivity (Wildman–Crippen MR) is 68.7 cm³/mol. The van der Waals surface area contributed by atoms with E-state index in [2.05, 4.69) is 25.9 Å². The van der Waals surface area contributed by atoms with Crippen LogP contribution in [0, 0.1) is 23.2 Å². The molecule has 2 N–H and O–H groups in total. The van der Waals surface area contributed by atoms with E-state index in [1.54, 1.807) is 0 Å². The standard InChI is InChI=1S/C14H24N2O/c1-8-5-6-13(4)11(9(8)2)7-12-14(13,17-12)10(3)16-15/h8-9,11-12H,5-7,15H2,1-4H3. The van der Waals surface area contributed by atoms with Gasteiger partial charge in [-0.15, -0.1) is 0 Å². The van der Waals surface area contributed by atoms with E-state index in [4.69, 9.17) is 10.6 Å². The fourth-order valence-electron chi connectivity index (χ4n) is 4.85. The second-order valence-corrected chi connectivity index (χ2v) is 6.69. The molecule has 0 aromatic carbocycles. The second kappa shape index (κ2) is 3.25. The minimum Gasteiger partial charge on any atom is -0.359 e. The number of ether oxygens (including phenoxy) is 1. The molecule has 0 aromatic heterocycles. The molecule has 17 heavy (non-hydrogen) atoms. The molecular weight excluding hydrogens is 212 g/mol. The summed E-state index contributed by atoms with van der Waals surface area (Å²) in [5, 5.41) is 3.96. The minimum atomic E-state index is -0.110. The van der Waals surface area contributed by atoms with Gasteiger partial charge in [0.15, 0.2) is 0 Å². The molecule has 0 spiro atoms. The molecule has 1 saturated heterocycles. The van der Waals surface area contributed by atoms with Gasteiger partial charge in [0.05, 0.1) is 11.8 Å². The number of nitrogens with zero attached hydrogens (tertiary/aromatic N) is 1. The number of hydrogen-bond acceptors (Lipinski definition) is 3. The van der Waals surface area contributed by atoms with E-state index in [0.717, 1.165) is 23.5 Å². The van der Waals surface area contributed by atoms with Gasteiger partial charge in [0.1, 0.15) is 5.60 Å². The zero-order chi connectivity index (χ0) is 12.4. The minimum absolute atomic E-state index is 0.110. The van der Waals surface area contributed by atoms with Crippen molar-refractivity contribution in [2.24, 2.45) is 34.1 Å². The summed E-state index contributed by atoms with van der Waals surface area (Å²) in [6, 6.07) is 0. The fraction of sp³-hybridized carbons (Fsp3) is 0.929. The maximum absolute atomic E-state index is 6.04. The maximum Gasteiger partial charge on any atom is 0.140 e. The maximum atomic E-state index is 6.04. The lowest BCUT2D eigenvalue weighted by molar-refractivity contribution is -0.0136. The van der Waals surface area contributed by atoms with Crippen molar-refractivity contribution >= 4 is 5.71 Å². The van der Waals surface area contributed by atoms with Gasteiger partial charge in [0, 0.05) is 5.41 Å². The molecule has 6 atom stereocenters. The molecular formula is C14H24N2O. The molecule has 3 fully saturated rings. The lowest BCUT2D eigenvalue weighted by atomic mass is 9.57. The Bertz CT molecular complexity index is 380. The Labute approximate surface area is 104 Å². The van der Waals surface area contributed by atoms with Gasteiger partial charge in [-0.2, -0.15) is 5.10 Å². The molecule has 3 nitrogen and oxygen atoms in total. The molecule has 0 aromatic rings. The number of hydrazone groups is 1. The molecule has 3 aliphatic rings. The molecule has 1 heterocycles. The monoisotopic (exact) mass is 236 g/mol. The predicted octanol–water partition coefficient (Wildman–Crippen LogP) is 2.55. The van der Waals surface area contributed by atoms with Gasteiger partial charge in [-0.05, 0) is 43.9 Å². The normalized spacial score (nSPS) is 57.5. The van der Waals surface area contributed by atoms with Crippen LogP contribution in [-0.4, -0.2) is 17.4 Å². The van der Waals surface area contributed by atoms with E-state index in [9.17, 15) is 0 Å². The SMILES string of the molecule is CC(=NN)C12OC1CC1C(C)C(C)CCC12C. The highest BCUT2D eigenvalue weighted by Gasteiger charge is 2.77. The van der Waals surface area contributed by atoms with Crippen LogP contribution in [0.25, 0.3) is 0 Å². The van der Waals surface area contributed by atoms with Gasteiger partial charge in [-0.25, -0.2) is 0 Å². The zero-order valence-electron chi connectivity index (χ0n) is 11.4. The van der Waals surface area contributed by atoms with Crippen LogP contribution >= 0.6 is 0 Å². The first-order valence-corrected chi connectivity index (χ1v) is 6.90. The summed E-state index contributed by atoms with van der Waals surface area (Å²) < 4.78 is 6.04. The molecule has 96 valence electrons. The third-order valence-electron chi connectivity index (χ3n) is 6.24. The van der Waals surface area contributed by atoms with Crippen molar-refractivity contribution in [3.8, 4) is 0 Å². The number of rotatable bonds is 1. The van der Waals surface area contributed by atoms with Crippen molar-refractivity contribution in [3.05, 3.63) is 0 Å². The van der Waals surface area contributed by atoms with Crippen LogP contribution in [0.3, 0.4) is 0 Å². The van der Waals surface area contributed by atoms with Crippen molar-refractivity contribution in [1.82, 2.24) is 0 Å². The molecule has 2 aliphatic carbocycles. The average Bonchev–Trinajstić information content (AvgIpc) is 2.99. The first kappa shape index (κ1) is 11.5. The highest BCUT2D eigenvalue weighted by molar-refractivity contribution is 5.95. The smallest absolute Gasteiger partial charge is 0.140 e. The highest BCUT2D eigenvalue weighted by Crippen LogP contribution is 2.70. The Morgan fingerprint density at radius 3 is 2.76 bits per heavy atom. The summed E-state index contributed by atoms with van der Waals surface area (Å²) in [6.45, 7) is 9.25. The van der Waals surface area contributed by atoms with Gasteiger partial charge < -0.3 is 10.6 Å². The van der Waals surface area contributed by atoms with Crippen LogP contribution in [-0.2, 0) is 4.74 Å². The topological polar surface area (TPSA) is 50.9 Å². The number of epoxide rings is 1. The van der Waals surface area contributed by atoms with E-state index in [0.29, 0.717) is 6.10 Å². The Morgan fingerprint density at radius 2 is 2.12 bits per heavy atom. The van der Waals surface area contributed by atoms with Gasteiger partial charge >= 0.3 is 0 Å². The van der Waals surface area contributed by atoms with Crippen LogP contribution in [0.2, 0.25) is 0 Å². The Morgan fingerprint density at radius 1 is 1.41 bits per heavy atom.